The molecule has 0 aliphatic rings. The van der Waals surface area contributed by atoms with Crippen LogP contribution in [-0.2, 0) is 18.4 Å². The maximum atomic E-state index is 12.8. The summed E-state index contributed by atoms with van der Waals surface area (Å²) in [6.07, 6.45) is 41.5. The number of carbonyl (C=O) groups excluding carboxylic acids is 1. The van der Waals surface area contributed by atoms with Crippen LogP contribution in [0.25, 0.3) is 0 Å². The van der Waals surface area contributed by atoms with Crippen molar-refractivity contribution in [3.05, 3.63) is 36.5 Å². The van der Waals surface area contributed by atoms with Gasteiger partial charge in [0, 0.05) is 6.42 Å². The van der Waals surface area contributed by atoms with Crippen LogP contribution in [0.1, 0.15) is 181 Å². The topological polar surface area (TPSA) is 108 Å². The lowest BCUT2D eigenvalue weighted by molar-refractivity contribution is -0.870. The van der Waals surface area contributed by atoms with E-state index in [2.05, 4.69) is 55.6 Å². The van der Waals surface area contributed by atoms with E-state index in [1.54, 1.807) is 0 Å². The first-order valence-corrected chi connectivity index (χ1v) is 22.8. The minimum absolute atomic E-state index is 0.00560. The normalized spacial score (nSPS) is 14.8. The van der Waals surface area contributed by atoms with Gasteiger partial charge in [0.2, 0.25) is 5.91 Å². The summed E-state index contributed by atoms with van der Waals surface area (Å²) in [7, 11) is 1.28. The zero-order valence-electron chi connectivity index (χ0n) is 34.5. The number of likely N-dealkylation sites (N-methyl/N-ethyl adjacent to an activating group) is 1. The second-order valence-corrected chi connectivity index (χ2v) is 17.1. The van der Waals surface area contributed by atoms with Gasteiger partial charge in [-0.25, -0.2) is 0 Å². The van der Waals surface area contributed by atoms with Crippen molar-refractivity contribution in [2.45, 2.75) is 193 Å². The number of quaternary nitrogens is 1. The molecule has 0 radical (unpaired) electrons. The van der Waals surface area contributed by atoms with Crippen LogP contribution in [0.2, 0.25) is 0 Å². The number of phosphoric acid groups is 1. The molecule has 0 rings (SSSR count). The number of aliphatic hydroxyl groups excluding tert-OH is 1. The third-order valence-corrected chi connectivity index (χ3v) is 10.4. The molecule has 2 N–H and O–H groups in total. The Balaban J connectivity index is 4.42. The quantitative estimate of drug-likeness (QED) is 0.0281. The third-order valence-electron chi connectivity index (χ3n) is 9.39. The van der Waals surface area contributed by atoms with Gasteiger partial charge in [-0.2, -0.15) is 0 Å². The van der Waals surface area contributed by atoms with Crippen molar-refractivity contribution in [3.8, 4) is 0 Å². The van der Waals surface area contributed by atoms with E-state index < -0.39 is 20.0 Å². The van der Waals surface area contributed by atoms with E-state index in [9.17, 15) is 19.4 Å². The smallest absolute Gasteiger partial charge is 0.268 e. The molecule has 0 aromatic heterocycles. The van der Waals surface area contributed by atoms with Crippen LogP contribution in [0.15, 0.2) is 36.5 Å². The van der Waals surface area contributed by atoms with E-state index in [0.29, 0.717) is 23.9 Å². The summed E-state index contributed by atoms with van der Waals surface area (Å²) < 4.78 is 23.2. The SMILES string of the molecule is CC/C=C\C/C=C\C/C=C\CCCCCC(=O)NC(COP(=O)([O-])OCC[N+](C)(C)C)C(O)CCCCCCCCCCCCCCCCCCC. The number of nitrogens with zero attached hydrogens (tertiary/aromatic N) is 1. The van der Waals surface area contributed by atoms with Crippen LogP contribution in [0.5, 0.6) is 0 Å². The summed E-state index contributed by atoms with van der Waals surface area (Å²) >= 11 is 0. The van der Waals surface area contributed by atoms with Crippen molar-refractivity contribution in [1.29, 1.82) is 0 Å². The summed E-state index contributed by atoms with van der Waals surface area (Å²) in [6.45, 7) is 4.57. The maximum absolute atomic E-state index is 12.8. The first-order chi connectivity index (χ1) is 25.0. The number of hydrogen-bond donors (Lipinski definition) is 2. The molecule has 0 bridgehead atoms. The fourth-order valence-corrected chi connectivity index (χ4v) is 6.72. The molecule has 0 aliphatic heterocycles. The molecule has 0 aromatic carbocycles. The molecule has 306 valence electrons. The zero-order valence-corrected chi connectivity index (χ0v) is 35.4. The Morgan fingerprint density at radius 3 is 1.69 bits per heavy atom. The molecule has 9 heteroatoms. The molecule has 0 saturated carbocycles. The Labute approximate surface area is 321 Å². The molecular formula is C43H83N2O6P. The second-order valence-electron chi connectivity index (χ2n) is 15.7. The lowest BCUT2D eigenvalue weighted by Gasteiger charge is -2.30. The molecule has 0 saturated heterocycles. The predicted molar refractivity (Wildman–Crippen MR) is 219 cm³/mol. The number of hydrogen-bond acceptors (Lipinski definition) is 6. The summed E-state index contributed by atoms with van der Waals surface area (Å²) in [5.74, 6) is -0.195. The number of nitrogens with one attached hydrogen (secondary N) is 1. The van der Waals surface area contributed by atoms with E-state index in [-0.39, 0.29) is 19.1 Å². The van der Waals surface area contributed by atoms with Gasteiger partial charge in [-0.1, -0.05) is 166 Å². The van der Waals surface area contributed by atoms with Crippen LogP contribution in [0, 0.1) is 0 Å². The summed E-state index contributed by atoms with van der Waals surface area (Å²) in [6, 6.07) is -0.814. The van der Waals surface area contributed by atoms with Crippen molar-refractivity contribution in [2.24, 2.45) is 0 Å². The molecular weight excluding hydrogens is 671 g/mol. The molecule has 8 nitrogen and oxygen atoms in total. The lowest BCUT2D eigenvalue weighted by Crippen LogP contribution is -2.46. The number of unbranched alkanes of at least 4 members (excludes halogenated alkanes) is 19. The third kappa shape index (κ3) is 37.1. The first-order valence-electron chi connectivity index (χ1n) is 21.3. The van der Waals surface area contributed by atoms with E-state index >= 15 is 0 Å². The standard InChI is InChI=1S/C43H83N2O6P/c1-6-8-10-12-14-16-18-20-21-22-23-25-26-28-30-32-34-36-42(46)41(40-51-52(48,49)50-39-38-45(3,4)5)44-43(47)37-35-33-31-29-27-24-19-17-15-13-11-9-7-2/h9,11,15,17,24,27,41-42,46H,6-8,10,12-14,16,18-23,25-26,28-40H2,1-5H3,(H-,44,47,48,49)/b11-9-,17-15-,27-24-. The van der Waals surface area contributed by atoms with Gasteiger partial charge in [-0.3, -0.25) is 9.36 Å². The highest BCUT2D eigenvalue weighted by Crippen LogP contribution is 2.38. The van der Waals surface area contributed by atoms with Crippen LogP contribution in [0.3, 0.4) is 0 Å². The van der Waals surface area contributed by atoms with Crippen molar-refractivity contribution in [1.82, 2.24) is 5.32 Å². The zero-order chi connectivity index (χ0) is 38.6. The average Bonchev–Trinajstić information content (AvgIpc) is 3.09. The average molecular weight is 755 g/mol. The molecule has 0 fully saturated rings. The van der Waals surface area contributed by atoms with Gasteiger partial charge < -0.3 is 28.8 Å². The van der Waals surface area contributed by atoms with Gasteiger partial charge in [0.05, 0.1) is 39.9 Å². The number of rotatable bonds is 38. The van der Waals surface area contributed by atoms with Gasteiger partial charge in [0.25, 0.3) is 7.82 Å². The molecule has 1 amide bonds. The minimum Gasteiger partial charge on any atom is -0.756 e. The Morgan fingerprint density at radius 2 is 1.17 bits per heavy atom. The molecule has 0 heterocycles. The Bertz CT molecular complexity index is 948. The van der Waals surface area contributed by atoms with Gasteiger partial charge in [-0.05, 0) is 44.9 Å². The summed E-state index contributed by atoms with van der Waals surface area (Å²) in [4.78, 5) is 25.2. The lowest BCUT2D eigenvalue weighted by atomic mass is 10.0. The number of phosphoric ester groups is 1. The highest BCUT2D eigenvalue weighted by atomic mass is 31.2. The van der Waals surface area contributed by atoms with Crippen LogP contribution >= 0.6 is 7.82 Å². The van der Waals surface area contributed by atoms with Gasteiger partial charge >= 0.3 is 0 Å². The van der Waals surface area contributed by atoms with Crippen LogP contribution in [0.4, 0.5) is 0 Å². The molecule has 0 spiro atoms. The highest BCUT2D eigenvalue weighted by Gasteiger charge is 2.24. The summed E-state index contributed by atoms with van der Waals surface area (Å²) in [5.41, 5.74) is 0. The highest BCUT2D eigenvalue weighted by molar-refractivity contribution is 7.45. The number of allylic oxidation sites excluding steroid dienone is 6. The van der Waals surface area contributed by atoms with Crippen LogP contribution < -0.4 is 10.2 Å². The van der Waals surface area contributed by atoms with Gasteiger partial charge in [0.1, 0.15) is 13.2 Å². The first kappa shape index (κ1) is 50.7. The second kappa shape index (κ2) is 35.4. The molecule has 0 aromatic rings. The molecule has 52 heavy (non-hydrogen) atoms. The van der Waals surface area contributed by atoms with Gasteiger partial charge in [0.15, 0.2) is 0 Å². The number of amides is 1. The van der Waals surface area contributed by atoms with Gasteiger partial charge in [-0.15, -0.1) is 0 Å². The number of carbonyl (C=O) groups is 1. The molecule has 3 atom stereocenters. The monoisotopic (exact) mass is 755 g/mol. The summed E-state index contributed by atoms with van der Waals surface area (Å²) in [5, 5.41) is 13.9. The van der Waals surface area contributed by atoms with Crippen molar-refractivity contribution >= 4 is 13.7 Å². The Hall–Kier alpha value is -1.28. The van der Waals surface area contributed by atoms with Crippen molar-refractivity contribution in [3.63, 3.8) is 0 Å². The molecule has 3 unspecified atom stereocenters. The maximum Gasteiger partial charge on any atom is 0.268 e. The van der Waals surface area contributed by atoms with E-state index in [0.717, 1.165) is 64.2 Å². The fraction of sp³-hybridized carbons (Fsp3) is 0.837. The Kier molecular flexibility index (Phi) is 34.6. The number of aliphatic hydroxyl groups is 1. The largest absolute Gasteiger partial charge is 0.756 e. The Morgan fingerprint density at radius 1 is 0.692 bits per heavy atom. The molecule has 0 aliphatic carbocycles. The van der Waals surface area contributed by atoms with E-state index in [1.807, 2.05) is 21.1 Å². The van der Waals surface area contributed by atoms with Crippen molar-refractivity contribution in [2.75, 3.05) is 40.9 Å². The van der Waals surface area contributed by atoms with Crippen molar-refractivity contribution < 1.29 is 32.9 Å². The van der Waals surface area contributed by atoms with Crippen LogP contribution in [-0.4, -0.2) is 68.5 Å². The minimum atomic E-state index is -4.57. The predicted octanol–water partition coefficient (Wildman–Crippen LogP) is 10.9. The van der Waals surface area contributed by atoms with E-state index in [1.165, 1.54) is 89.9 Å². The fourth-order valence-electron chi connectivity index (χ4n) is 5.99. The van der Waals surface area contributed by atoms with E-state index in [4.69, 9.17) is 9.05 Å².